The predicted molar refractivity (Wildman–Crippen MR) is 66.6 cm³/mol. The number of rotatable bonds is 1. The summed E-state index contributed by atoms with van der Waals surface area (Å²) >= 11 is 0. The van der Waals surface area contributed by atoms with Crippen molar-refractivity contribution in [3.63, 3.8) is 0 Å². The smallest absolute Gasteiger partial charge is 0.341 e. The van der Waals surface area contributed by atoms with E-state index in [1.807, 2.05) is 0 Å². The highest BCUT2D eigenvalue weighted by Crippen LogP contribution is 2.26. The number of aromatic amines is 3. The summed E-state index contributed by atoms with van der Waals surface area (Å²) < 4.78 is 0. The van der Waals surface area contributed by atoms with Crippen molar-refractivity contribution in [3.05, 3.63) is 21.9 Å². The number of hydrogen-bond donors (Lipinski definition) is 4. The molecule has 2 aromatic rings. The zero-order chi connectivity index (χ0) is 13.6. The molecule has 19 heavy (non-hydrogen) atoms. The number of imidazole rings is 1. The zero-order valence-corrected chi connectivity index (χ0v) is 10.6. The van der Waals surface area contributed by atoms with Gasteiger partial charge in [-0.05, 0) is 11.8 Å². The number of aromatic nitrogens is 5. The molecule has 0 bridgehead atoms. The first kappa shape index (κ1) is 11.7. The molecule has 3 heterocycles. The fraction of sp³-hybridized carbons (Fsp3) is 0.455. The summed E-state index contributed by atoms with van der Waals surface area (Å²) in [5.41, 5.74) is 0.665. The summed E-state index contributed by atoms with van der Waals surface area (Å²) in [6.45, 7) is 4.74. The fourth-order valence-corrected chi connectivity index (χ4v) is 2.16. The number of nitrogens with one attached hydrogen (secondary N) is 4. The first-order valence-corrected chi connectivity index (χ1v) is 5.97. The van der Waals surface area contributed by atoms with E-state index in [-0.39, 0.29) is 11.3 Å². The molecule has 8 heteroatoms. The van der Waals surface area contributed by atoms with E-state index < -0.39 is 5.69 Å². The Kier molecular flexibility index (Phi) is 2.34. The number of carbonyl (C=O) groups is 1. The summed E-state index contributed by atoms with van der Waals surface area (Å²) in [6.07, 6.45) is 0.697. The maximum absolute atomic E-state index is 11.9. The van der Waals surface area contributed by atoms with Crippen molar-refractivity contribution in [2.24, 2.45) is 5.41 Å². The van der Waals surface area contributed by atoms with Gasteiger partial charge in [0.25, 0.3) is 5.91 Å². The third-order valence-corrected chi connectivity index (χ3v) is 3.10. The molecule has 0 fully saturated rings. The lowest BCUT2D eigenvalue weighted by Gasteiger charge is -2.21. The van der Waals surface area contributed by atoms with Crippen LogP contribution in [0.1, 0.15) is 30.0 Å². The second-order valence-electron chi connectivity index (χ2n) is 5.46. The van der Waals surface area contributed by atoms with Crippen molar-refractivity contribution in [3.8, 4) is 11.6 Å². The molecule has 2 aromatic heterocycles. The Bertz CT molecular complexity index is 692. The minimum atomic E-state index is -0.411. The highest BCUT2D eigenvalue weighted by molar-refractivity contribution is 5.94. The van der Waals surface area contributed by atoms with Crippen molar-refractivity contribution < 1.29 is 4.79 Å². The van der Waals surface area contributed by atoms with Gasteiger partial charge in [-0.25, -0.2) is 14.9 Å². The highest BCUT2D eigenvalue weighted by Gasteiger charge is 2.30. The van der Waals surface area contributed by atoms with Gasteiger partial charge in [-0.1, -0.05) is 13.8 Å². The topological polar surface area (TPSA) is 119 Å². The van der Waals surface area contributed by atoms with E-state index in [1.54, 1.807) is 0 Å². The van der Waals surface area contributed by atoms with E-state index in [0.717, 1.165) is 5.69 Å². The molecule has 100 valence electrons. The van der Waals surface area contributed by atoms with Crippen molar-refractivity contribution in [1.82, 2.24) is 30.5 Å². The Morgan fingerprint density at radius 2 is 1.95 bits per heavy atom. The standard InChI is InChI=1S/C11H14N6O2/c1-11(2)3-5-6(9(18)12-4-11)14-7(13-5)8-15-10(19)17-16-8/h3-4H2,1-2H3,(H,12,18)(H,13,14)(H2,15,16,17,19). The van der Waals surface area contributed by atoms with Gasteiger partial charge in [-0.2, -0.15) is 0 Å². The minimum Gasteiger partial charge on any atom is -0.350 e. The molecule has 0 atom stereocenters. The van der Waals surface area contributed by atoms with Gasteiger partial charge in [0.1, 0.15) is 5.69 Å². The number of H-pyrrole nitrogens is 3. The van der Waals surface area contributed by atoms with Gasteiger partial charge in [0.15, 0.2) is 11.6 Å². The van der Waals surface area contributed by atoms with Gasteiger partial charge >= 0.3 is 5.69 Å². The molecule has 0 unspecified atom stereocenters. The van der Waals surface area contributed by atoms with Crippen LogP contribution >= 0.6 is 0 Å². The van der Waals surface area contributed by atoms with Crippen LogP contribution in [0.2, 0.25) is 0 Å². The van der Waals surface area contributed by atoms with Crippen LogP contribution < -0.4 is 11.0 Å². The van der Waals surface area contributed by atoms with Crippen LogP contribution in [0.5, 0.6) is 0 Å². The summed E-state index contributed by atoms with van der Waals surface area (Å²) in [5.74, 6) is 0.473. The summed E-state index contributed by atoms with van der Waals surface area (Å²) in [7, 11) is 0. The molecule has 0 aliphatic carbocycles. The maximum Gasteiger partial charge on any atom is 0.341 e. The van der Waals surface area contributed by atoms with Gasteiger partial charge in [0.05, 0.1) is 0 Å². The van der Waals surface area contributed by atoms with Crippen molar-refractivity contribution in [2.45, 2.75) is 20.3 Å². The average molecular weight is 262 g/mol. The lowest BCUT2D eigenvalue weighted by molar-refractivity contribution is 0.0940. The van der Waals surface area contributed by atoms with Crippen molar-refractivity contribution in [1.29, 1.82) is 0 Å². The molecule has 0 aromatic carbocycles. The number of fused-ring (bicyclic) bond motifs is 1. The number of carbonyl (C=O) groups excluding carboxylic acids is 1. The monoisotopic (exact) mass is 262 g/mol. The van der Waals surface area contributed by atoms with Gasteiger partial charge < -0.3 is 10.3 Å². The summed E-state index contributed by atoms with van der Waals surface area (Å²) in [5, 5.41) is 8.90. The Balaban J connectivity index is 2.07. The van der Waals surface area contributed by atoms with Crippen LogP contribution in [0.3, 0.4) is 0 Å². The predicted octanol–water partition coefficient (Wildman–Crippen LogP) is -0.200. The quantitative estimate of drug-likeness (QED) is 0.569. The third-order valence-electron chi connectivity index (χ3n) is 3.10. The Morgan fingerprint density at radius 1 is 1.16 bits per heavy atom. The highest BCUT2D eigenvalue weighted by atomic mass is 16.2. The molecular formula is C11H14N6O2. The number of amides is 1. The Morgan fingerprint density at radius 3 is 2.63 bits per heavy atom. The molecule has 3 rings (SSSR count). The molecule has 8 nitrogen and oxygen atoms in total. The van der Waals surface area contributed by atoms with E-state index in [4.69, 9.17) is 0 Å². The fourth-order valence-electron chi connectivity index (χ4n) is 2.16. The zero-order valence-electron chi connectivity index (χ0n) is 10.6. The molecule has 1 aliphatic heterocycles. The first-order chi connectivity index (χ1) is 8.94. The molecule has 0 radical (unpaired) electrons. The minimum absolute atomic E-state index is 0.0519. The van der Waals surface area contributed by atoms with Crippen LogP contribution in [0.4, 0.5) is 0 Å². The maximum atomic E-state index is 11.9. The SMILES string of the molecule is CC1(C)CNC(=O)c2nc(-c3n[nH]c(=O)[nH]3)[nH]c2C1. The van der Waals surface area contributed by atoms with E-state index in [0.29, 0.717) is 30.3 Å². The lowest BCUT2D eigenvalue weighted by atomic mass is 9.88. The summed E-state index contributed by atoms with van der Waals surface area (Å²) in [4.78, 5) is 32.8. The second-order valence-corrected chi connectivity index (χ2v) is 5.46. The van der Waals surface area contributed by atoms with Crippen LogP contribution in [-0.4, -0.2) is 37.6 Å². The first-order valence-electron chi connectivity index (χ1n) is 5.97. The van der Waals surface area contributed by atoms with Crippen molar-refractivity contribution >= 4 is 5.91 Å². The van der Waals surface area contributed by atoms with Gasteiger partial charge in [0.2, 0.25) is 0 Å². The second kappa shape index (κ2) is 3.81. The van der Waals surface area contributed by atoms with Gasteiger partial charge in [-0.15, -0.1) is 5.10 Å². The lowest BCUT2D eigenvalue weighted by Crippen LogP contribution is -2.32. The summed E-state index contributed by atoms with van der Waals surface area (Å²) in [6, 6.07) is 0. The van der Waals surface area contributed by atoms with E-state index in [2.05, 4.69) is 44.3 Å². The molecule has 0 saturated carbocycles. The Labute approximate surface area is 108 Å². The van der Waals surface area contributed by atoms with Gasteiger partial charge in [0, 0.05) is 12.2 Å². The largest absolute Gasteiger partial charge is 0.350 e. The van der Waals surface area contributed by atoms with Gasteiger partial charge in [-0.3, -0.25) is 9.78 Å². The normalized spacial score (nSPS) is 17.7. The Hall–Kier alpha value is -2.38. The van der Waals surface area contributed by atoms with Crippen molar-refractivity contribution in [2.75, 3.05) is 6.54 Å². The number of nitrogens with zero attached hydrogens (tertiary/aromatic N) is 2. The molecule has 1 amide bonds. The number of hydrogen-bond acceptors (Lipinski definition) is 4. The molecule has 4 N–H and O–H groups in total. The van der Waals surface area contributed by atoms with E-state index in [1.165, 1.54) is 0 Å². The van der Waals surface area contributed by atoms with Crippen LogP contribution in [0, 0.1) is 5.41 Å². The van der Waals surface area contributed by atoms with Crippen LogP contribution in [-0.2, 0) is 6.42 Å². The van der Waals surface area contributed by atoms with Crippen LogP contribution in [0.15, 0.2) is 4.79 Å². The molecule has 0 spiro atoms. The third kappa shape index (κ3) is 2.05. The van der Waals surface area contributed by atoms with E-state index in [9.17, 15) is 9.59 Å². The van der Waals surface area contributed by atoms with E-state index >= 15 is 0 Å². The average Bonchev–Trinajstić information content (AvgIpc) is 2.90. The molecule has 0 saturated heterocycles. The molecular weight excluding hydrogens is 248 g/mol. The molecule has 1 aliphatic rings. The van der Waals surface area contributed by atoms with Crippen LogP contribution in [0.25, 0.3) is 11.6 Å².